The standard InChI is InChI=1S/C18H27N3O3.HI/c1-5-19-18(21-14-8-6-7-9-14)20-12-13-10-16(23-3)17(24-4)11-15(13)22-2;/h6-7,10-11,14H,5,8-9,12H2,1-4H3,(H2,19,20,21);1H. The molecule has 0 saturated heterocycles. The second-order valence-electron chi connectivity index (χ2n) is 5.50. The minimum Gasteiger partial charge on any atom is -0.496 e. The van der Waals surface area contributed by atoms with Gasteiger partial charge in [-0.3, -0.25) is 0 Å². The zero-order chi connectivity index (χ0) is 17.4. The van der Waals surface area contributed by atoms with Gasteiger partial charge in [0.15, 0.2) is 17.5 Å². The highest BCUT2D eigenvalue weighted by Crippen LogP contribution is 2.34. The van der Waals surface area contributed by atoms with Crippen molar-refractivity contribution in [2.24, 2.45) is 4.99 Å². The Kier molecular flexibility index (Phi) is 9.48. The molecule has 1 aliphatic carbocycles. The first-order chi connectivity index (χ1) is 11.7. The average Bonchev–Trinajstić information content (AvgIpc) is 3.12. The maximum absolute atomic E-state index is 5.46. The van der Waals surface area contributed by atoms with E-state index in [2.05, 4.69) is 34.7 Å². The summed E-state index contributed by atoms with van der Waals surface area (Å²) in [5.41, 5.74) is 0.942. The van der Waals surface area contributed by atoms with Crippen LogP contribution < -0.4 is 24.8 Å². The Bertz CT molecular complexity index is 597. The van der Waals surface area contributed by atoms with Crippen molar-refractivity contribution in [3.05, 3.63) is 29.8 Å². The Morgan fingerprint density at radius 1 is 1.04 bits per heavy atom. The Labute approximate surface area is 167 Å². The highest BCUT2D eigenvalue weighted by Gasteiger charge is 2.14. The highest BCUT2D eigenvalue weighted by molar-refractivity contribution is 14.0. The largest absolute Gasteiger partial charge is 0.496 e. The Morgan fingerprint density at radius 2 is 1.64 bits per heavy atom. The van der Waals surface area contributed by atoms with Gasteiger partial charge in [0.2, 0.25) is 0 Å². The van der Waals surface area contributed by atoms with Crippen molar-refractivity contribution in [2.75, 3.05) is 27.9 Å². The van der Waals surface area contributed by atoms with E-state index in [-0.39, 0.29) is 24.0 Å². The molecule has 1 aromatic carbocycles. The fraction of sp³-hybridized carbons (Fsp3) is 0.500. The molecule has 0 radical (unpaired) electrons. The number of halogens is 1. The van der Waals surface area contributed by atoms with Gasteiger partial charge in [-0.05, 0) is 25.8 Å². The van der Waals surface area contributed by atoms with Gasteiger partial charge in [-0.15, -0.1) is 24.0 Å². The van der Waals surface area contributed by atoms with Crippen LogP contribution in [-0.2, 0) is 6.54 Å². The molecule has 25 heavy (non-hydrogen) atoms. The summed E-state index contributed by atoms with van der Waals surface area (Å²) >= 11 is 0. The summed E-state index contributed by atoms with van der Waals surface area (Å²) in [5, 5.41) is 6.74. The van der Waals surface area contributed by atoms with E-state index in [1.165, 1.54) is 0 Å². The predicted molar refractivity (Wildman–Crippen MR) is 112 cm³/mol. The molecule has 0 aromatic heterocycles. The molecule has 1 aliphatic rings. The SMILES string of the molecule is CCNC(=NCc1cc(OC)c(OC)cc1OC)NC1CC=CC1.I. The highest BCUT2D eigenvalue weighted by atomic mass is 127. The van der Waals surface area contributed by atoms with Crippen LogP contribution in [0.3, 0.4) is 0 Å². The zero-order valence-electron chi connectivity index (χ0n) is 15.3. The van der Waals surface area contributed by atoms with Crippen LogP contribution in [0.5, 0.6) is 17.2 Å². The van der Waals surface area contributed by atoms with E-state index < -0.39 is 0 Å². The van der Waals surface area contributed by atoms with E-state index in [0.717, 1.165) is 36.7 Å². The van der Waals surface area contributed by atoms with Crippen molar-refractivity contribution in [1.82, 2.24) is 10.6 Å². The first kappa shape index (κ1) is 21.4. The quantitative estimate of drug-likeness (QED) is 0.283. The van der Waals surface area contributed by atoms with E-state index in [9.17, 15) is 0 Å². The molecular weight excluding hydrogens is 433 g/mol. The average molecular weight is 461 g/mol. The molecule has 2 rings (SSSR count). The number of rotatable bonds is 7. The van der Waals surface area contributed by atoms with E-state index in [4.69, 9.17) is 14.2 Å². The van der Waals surface area contributed by atoms with Crippen molar-refractivity contribution >= 4 is 29.9 Å². The van der Waals surface area contributed by atoms with E-state index >= 15 is 0 Å². The van der Waals surface area contributed by atoms with E-state index in [1.807, 2.05) is 12.1 Å². The molecule has 0 atom stereocenters. The van der Waals surface area contributed by atoms with Gasteiger partial charge in [-0.2, -0.15) is 0 Å². The Balaban J connectivity index is 0.00000312. The maximum atomic E-state index is 5.46. The molecule has 7 heteroatoms. The lowest BCUT2D eigenvalue weighted by atomic mass is 10.1. The number of hydrogen-bond donors (Lipinski definition) is 2. The lowest BCUT2D eigenvalue weighted by Gasteiger charge is -2.17. The third-order valence-electron chi connectivity index (χ3n) is 3.89. The van der Waals surface area contributed by atoms with Crippen molar-refractivity contribution in [2.45, 2.75) is 32.4 Å². The summed E-state index contributed by atoms with van der Waals surface area (Å²) in [6, 6.07) is 4.14. The smallest absolute Gasteiger partial charge is 0.191 e. The third kappa shape index (κ3) is 5.98. The maximum Gasteiger partial charge on any atom is 0.191 e. The van der Waals surface area contributed by atoms with Gasteiger partial charge in [0, 0.05) is 24.2 Å². The van der Waals surface area contributed by atoms with Crippen molar-refractivity contribution in [3.8, 4) is 17.2 Å². The lowest BCUT2D eigenvalue weighted by molar-refractivity contribution is 0.347. The fourth-order valence-electron chi connectivity index (χ4n) is 2.63. The molecule has 140 valence electrons. The molecule has 1 aromatic rings. The predicted octanol–water partition coefficient (Wildman–Crippen LogP) is 3.10. The molecule has 0 saturated carbocycles. The number of aliphatic imine (C=N–C) groups is 1. The monoisotopic (exact) mass is 461 g/mol. The molecule has 0 spiro atoms. The topological polar surface area (TPSA) is 64.1 Å². The molecule has 0 aliphatic heterocycles. The molecule has 0 bridgehead atoms. The molecule has 6 nitrogen and oxygen atoms in total. The number of guanidine groups is 1. The minimum atomic E-state index is 0. The summed E-state index contributed by atoms with van der Waals surface area (Å²) in [7, 11) is 4.87. The van der Waals surface area contributed by atoms with Crippen LogP contribution in [0, 0.1) is 0 Å². The summed E-state index contributed by atoms with van der Waals surface area (Å²) in [6.45, 7) is 3.36. The molecule has 0 amide bonds. The second-order valence-corrected chi connectivity index (χ2v) is 5.50. The summed E-state index contributed by atoms with van der Waals surface area (Å²) < 4.78 is 16.1. The zero-order valence-corrected chi connectivity index (χ0v) is 17.6. The van der Waals surface area contributed by atoms with Gasteiger partial charge in [0.25, 0.3) is 0 Å². The molecule has 0 unspecified atom stereocenters. The van der Waals surface area contributed by atoms with Crippen molar-refractivity contribution < 1.29 is 14.2 Å². The van der Waals surface area contributed by atoms with Crippen molar-refractivity contribution in [1.29, 1.82) is 0 Å². The lowest BCUT2D eigenvalue weighted by Crippen LogP contribution is -2.42. The van der Waals surface area contributed by atoms with Gasteiger partial charge in [-0.25, -0.2) is 4.99 Å². The number of nitrogens with zero attached hydrogens (tertiary/aromatic N) is 1. The number of methoxy groups -OCH3 is 3. The van der Waals surface area contributed by atoms with Crippen LogP contribution in [0.2, 0.25) is 0 Å². The molecule has 0 fully saturated rings. The first-order valence-corrected chi connectivity index (χ1v) is 8.20. The molecule has 2 N–H and O–H groups in total. The Hall–Kier alpha value is -1.64. The van der Waals surface area contributed by atoms with Crippen LogP contribution in [-0.4, -0.2) is 39.9 Å². The number of hydrogen-bond acceptors (Lipinski definition) is 4. The minimum absolute atomic E-state index is 0. The van der Waals surface area contributed by atoms with Crippen LogP contribution in [0.25, 0.3) is 0 Å². The van der Waals surface area contributed by atoms with Crippen LogP contribution >= 0.6 is 24.0 Å². The normalized spacial score (nSPS) is 14.0. The fourth-order valence-corrected chi connectivity index (χ4v) is 2.63. The number of ether oxygens (including phenoxy) is 3. The number of benzene rings is 1. The molecular formula is C18H28IN3O3. The van der Waals surface area contributed by atoms with Gasteiger partial charge in [0.1, 0.15) is 5.75 Å². The molecule has 0 heterocycles. The van der Waals surface area contributed by atoms with Crippen LogP contribution in [0.4, 0.5) is 0 Å². The first-order valence-electron chi connectivity index (χ1n) is 8.20. The van der Waals surface area contributed by atoms with Crippen LogP contribution in [0.15, 0.2) is 29.3 Å². The summed E-state index contributed by atoms with van der Waals surface area (Å²) in [4.78, 5) is 4.68. The third-order valence-corrected chi connectivity index (χ3v) is 3.89. The van der Waals surface area contributed by atoms with Gasteiger partial charge in [0.05, 0.1) is 27.9 Å². The Morgan fingerprint density at radius 3 is 2.20 bits per heavy atom. The van der Waals surface area contributed by atoms with Crippen LogP contribution in [0.1, 0.15) is 25.3 Å². The summed E-state index contributed by atoms with van der Waals surface area (Å²) in [5.74, 6) is 2.85. The van der Waals surface area contributed by atoms with E-state index in [0.29, 0.717) is 24.1 Å². The van der Waals surface area contributed by atoms with Gasteiger partial charge >= 0.3 is 0 Å². The van der Waals surface area contributed by atoms with E-state index in [1.54, 1.807) is 21.3 Å². The van der Waals surface area contributed by atoms with Gasteiger partial charge < -0.3 is 24.8 Å². The summed E-state index contributed by atoms with van der Waals surface area (Å²) in [6.07, 6.45) is 6.45. The van der Waals surface area contributed by atoms with Gasteiger partial charge in [-0.1, -0.05) is 12.2 Å². The number of nitrogens with one attached hydrogen (secondary N) is 2. The second kappa shape index (κ2) is 11.1. The van der Waals surface area contributed by atoms with Crippen molar-refractivity contribution in [3.63, 3.8) is 0 Å².